The van der Waals surface area contributed by atoms with Gasteiger partial charge in [0.05, 0.1) is 106 Å². The first-order valence-corrected chi connectivity index (χ1v) is 38.1. The molecule has 112 heavy (non-hydrogen) atoms. The Balaban J connectivity index is 0.556. The lowest BCUT2D eigenvalue weighted by molar-refractivity contribution is -0.139. The van der Waals surface area contributed by atoms with Crippen LogP contribution >= 0.6 is 0 Å². The van der Waals surface area contributed by atoms with Gasteiger partial charge in [0, 0.05) is 92.3 Å². The largest absolute Gasteiger partial charge is 0.493 e. The third kappa shape index (κ3) is 15.9. The maximum Gasteiger partial charge on any atom is 0.416 e. The molecule has 8 aliphatic rings. The van der Waals surface area contributed by atoms with E-state index in [0.29, 0.717) is 97.2 Å². The molecule has 1 saturated carbocycles. The number of hydrogen-bond donors (Lipinski definition) is 8. The minimum Gasteiger partial charge on any atom is -0.493 e. The molecule has 9 amide bonds. The van der Waals surface area contributed by atoms with Gasteiger partial charge in [-0.25, -0.2) is 14.7 Å². The van der Waals surface area contributed by atoms with E-state index in [0.717, 1.165) is 57.0 Å². The van der Waals surface area contributed by atoms with E-state index >= 15 is 0 Å². The lowest BCUT2D eigenvalue weighted by Gasteiger charge is -2.32. The van der Waals surface area contributed by atoms with Crippen molar-refractivity contribution >= 4 is 93.1 Å². The van der Waals surface area contributed by atoms with Crippen LogP contribution in [0.2, 0.25) is 0 Å². The van der Waals surface area contributed by atoms with Gasteiger partial charge in [0.15, 0.2) is 29.2 Å². The Labute approximate surface area is 648 Å². The molecular formula is C82H94N14O16. The summed E-state index contributed by atoms with van der Waals surface area (Å²) in [5.41, 5.74) is 15.6. The zero-order valence-electron chi connectivity index (χ0n) is 63.7. The number of carbonyl (C=O) groups excluding carboxylic acids is 9. The van der Waals surface area contributed by atoms with Gasteiger partial charge in [-0.05, 0) is 122 Å². The molecule has 1 aliphatic carbocycles. The van der Waals surface area contributed by atoms with Crippen LogP contribution in [-0.4, -0.2) is 187 Å². The number of likely N-dealkylation sites (tertiary alicyclic amines) is 1. The van der Waals surface area contributed by atoms with Crippen molar-refractivity contribution in [3.63, 3.8) is 0 Å². The van der Waals surface area contributed by atoms with E-state index in [9.17, 15) is 48.3 Å². The number of pyridine rings is 1. The molecule has 3 fully saturated rings. The van der Waals surface area contributed by atoms with Gasteiger partial charge in [0.1, 0.15) is 18.7 Å². The fourth-order valence-electron chi connectivity index (χ4n) is 15.8. The lowest BCUT2D eigenvalue weighted by atomic mass is 9.95. The number of aromatic nitrogens is 1. The summed E-state index contributed by atoms with van der Waals surface area (Å²) < 4.78 is 35.3. The number of methoxy groups -OCH3 is 3. The first-order chi connectivity index (χ1) is 54.1. The van der Waals surface area contributed by atoms with Crippen LogP contribution in [0.4, 0.5) is 27.5 Å². The van der Waals surface area contributed by atoms with Gasteiger partial charge in [0.25, 0.3) is 11.8 Å². The van der Waals surface area contributed by atoms with Crippen molar-refractivity contribution in [1.29, 1.82) is 0 Å². The highest BCUT2D eigenvalue weighted by molar-refractivity contribution is 6.07. The molecule has 5 aromatic carbocycles. The van der Waals surface area contributed by atoms with Gasteiger partial charge in [-0.2, -0.15) is 0 Å². The molecule has 1 spiro atoms. The summed E-state index contributed by atoms with van der Waals surface area (Å²) in [5.74, 6) is -2.27. The Bertz CT molecular complexity index is 4720. The SMILES string of the molecule is CC[C@H](C)[C@H](NC(=O)[C@@H]1CCCN1C(=O)CNC(=O)CNC(=O)CCC(=O)N1Cc2ccccc2C2=C(c3ccccc31)N(C(C)C)NN2)C(=O)Nc1ccc(COC(=O)N2c3cc(OCCCOc4cc5c(cc4OC)C(=O)N4C=C(c6ccc(OC)nc6)C[C@H]4CN5)c(OC)cc3C(=O)N3CC4(CC4)C[C@H]3[C@@H]2O)cc1. The first-order valence-electron chi connectivity index (χ1n) is 38.1. The monoisotopic (exact) mass is 1530 g/mol. The van der Waals surface area contributed by atoms with Crippen molar-refractivity contribution < 1.29 is 76.7 Å². The zero-order chi connectivity index (χ0) is 78.6. The molecule has 8 N–H and O–H groups in total. The quantitative estimate of drug-likeness (QED) is 0.0241. The Morgan fingerprint density at radius 2 is 1.47 bits per heavy atom. The predicted octanol–water partition coefficient (Wildman–Crippen LogP) is 7.69. The van der Waals surface area contributed by atoms with Crippen LogP contribution in [0, 0.1) is 11.3 Å². The fourth-order valence-corrected chi connectivity index (χ4v) is 15.8. The highest BCUT2D eigenvalue weighted by atomic mass is 16.6. The molecule has 14 rings (SSSR count). The number of hydrazine groups is 2. The van der Waals surface area contributed by atoms with E-state index in [2.05, 4.69) is 56.4 Å². The van der Waals surface area contributed by atoms with E-state index in [1.165, 1.54) is 31.3 Å². The predicted molar refractivity (Wildman–Crippen MR) is 414 cm³/mol. The van der Waals surface area contributed by atoms with Gasteiger partial charge in [-0.3, -0.25) is 43.4 Å². The average Bonchev–Trinajstić information content (AvgIpc) is 1.56. The number of ether oxygens (including phenoxy) is 6. The van der Waals surface area contributed by atoms with Crippen LogP contribution in [0.5, 0.6) is 28.9 Å². The number of fused-ring (bicyclic) bond motifs is 8. The molecule has 6 atom stereocenters. The molecule has 30 nitrogen and oxygen atoms in total. The van der Waals surface area contributed by atoms with Crippen LogP contribution in [0.3, 0.4) is 0 Å². The van der Waals surface area contributed by atoms with Crippen LogP contribution in [-0.2, 0) is 46.7 Å². The number of carbonyl (C=O) groups is 9. The van der Waals surface area contributed by atoms with Crippen LogP contribution in [0.1, 0.15) is 140 Å². The van der Waals surface area contributed by atoms with Crippen molar-refractivity contribution in [2.45, 2.75) is 141 Å². The number of anilines is 4. The smallest absolute Gasteiger partial charge is 0.416 e. The minimum atomic E-state index is -1.50. The summed E-state index contributed by atoms with van der Waals surface area (Å²) in [7, 11) is 4.51. The second-order valence-corrected chi connectivity index (χ2v) is 29.8. The summed E-state index contributed by atoms with van der Waals surface area (Å²) in [6.45, 7) is 8.29. The van der Waals surface area contributed by atoms with Gasteiger partial charge >= 0.3 is 6.09 Å². The molecule has 6 aromatic rings. The Kier molecular flexibility index (Phi) is 22.6. The number of amides is 9. The summed E-state index contributed by atoms with van der Waals surface area (Å²) in [4.78, 5) is 137. The van der Waals surface area contributed by atoms with E-state index in [1.54, 1.807) is 70.5 Å². The van der Waals surface area contributed by atoms with E-state index < -0.39 is 73.1 Å². The van der Waals surface area contributed by atoms with Crippen molar-refractivity contribution in [3.05, 3.63) is 161 Å². The maximum atomic E-state index is 14.6. The molecule has 1 aromatic heterocycles. The number of rotatable bonds is 26. The number of para-hydroxylation sites is 1. The normalized spacial score (nSPS) is 19.4. The number of hydrogen-bond acceptors (Lipinski definition) is 21. The Morgan fingerprint density at radius 3 is 2.19 bits per heavy atom. The van der Waals surface area contributed by atoms with Crippen molar-refractivity contribution in [2.75, 3.05) is 87.7 Å². The molecule has 0 unspecified atom stereocenters. The summed E-state index contributed by atoms with van der Waals surface area (Å²) in [6.07, 6.45) is 5.37. The lowest BCUT2D eigenvalue weighted by Crippen LogP contribution is -2.55. The third-order valence-corrected chi connectivity index (χ3v) is 22.3. The van der Waals surface area contributed by atoms with Crippen LogP contribution < -0.4 is 71.0 Å². The highest BCUT2D eigenvalue weighted by Crippen LogP contribution is 2.57. The number of aliphatic hydroxyl groups is 1. The molecule has 0 radical (unpaired) electrons. The molecule has 588 valence electrons. The Morgan fingerprint density at radius 1 is 0.750 bits per heavy atom. The molecule has 30 heteroatoms. The van der Waals surface area contributed by atoms with Gasteiger partial charge in [-0.15, -0.1) is 5.53 Å². The van der Waals surface area contributed by atoms with Crippen LogP contribution in [0.15, 0.2) is 122 Å². The minimum absolute atomic E-state index is 0.0595. The average molecular weight is 1530 g/mol. The summed E-state index contributed by atoms with van der Waals surface area (Å²) in [5, 5.41) is 28.6. The second kappa shape index (κ2) is 32.9. The second-order valence-electron chi connectivity index (χ2n) is 29.8. The topological polar surface area (TPSA) is 346 Å². The molecule has 2 saturated heterocycles. The molecule has 8 heterocycles. The van der Waals surface area contributed by atoms with Gasteiger partial charge in [0.2, 0.25) is 41.3 Å². The fraction of sp³-hybridized carbons (Fsp3) is 0.415. The number of aliphatic hydroxyl groups excluding tert-OH is 1. The number of nitrogens with one attached hydrogen (secondary N) is 7. The summed E-state index contributed by atoms with van der Waals surface area (Å²) >= 11 is 0. The van der Waals surface area contributed by atoms with E-state index in [-0.39, 0.29) is 110 Å². The first kappa shape index (κ1) is 76.8. The molecule has 0 bridgehead atoms. The molecule has 7 aliphatic heterocycles. The maximum absolute atomic E-state index is 14.6. The van der Waals surface area contributed by atoms with Crippen molar-refractivity contribution in [1.82, 2.24) is 51.6 Å². The zero-order valence-corrected chi connectivity index (χ0v) is 63.7. The highest BCUT2D eigenvalue weighted by Gasteiger charge is 2.58. The van der Waals surface area contributed by atoms with Gasteiger partial charge < -0.3 is 85.1 Å². The number of benzene rings is 5. The molecular weight excluding hydrogens is 1440 g/mol. The third-order valence-electron chi connectivity index (χ3n) is 22.3. The summed E-state index contributed by atoms with van der Waals surface area (Å²) in [6, 6.07) is 29.4. The van der Waals surface area contributed by atoms with Crippen molar-refractivity contribution in [2.24, 2.45) is 11.3 Å². The van der Waals surface area contributed by atoms with Crippen LogP contribution in [0.25, 0.3) is 17.0 Å². The van der Waals surface area contributed by atoms with E-state index in [4.69, 9.17) is 28.4 Å². The standard InChI is InChI=1S/C82H94N14O16/c1-8-48(4)73(88-76(101)61-19-13-30-91(61)72(100)42-85-69(98)41-84-68(97)25-27-71(99)93-43-51-15-9-10-16-55(51)74-75(96(47(2)3)90-89-74)56-17-11-12-18-60(56)93)77(102)87-53-23-20-49(21-24-53)45-112-81(106)95-62-37-67(65(108-6)35-58(62)79(104)94-46-82(28-29-82)38-63(94)80(95)105)111-32-14-31-110-66-36-59-57(34-64(66)107-5)78(103)92-44-52(33-54(92)40-83-59)50-22-26-70(109-7)86-39-50/h9-12,15-18,20-24,26,34-37,39,44,47-48,54,61,63,73,80,83,89-90,105H,8,13-14,19,25,27-33,38,40-43,45-46H2,1-7H3,(H,84,97)(H,85,98)(H,87,102)(H,88,101)/t48-,54-,61-,63-,73-,80-/m0/s1. The van der Waals surface area contributed by atoms with Crippen molar-refractivity contribution in [3.8, 4) is 28.9 Å². The Hall–Kier alpha value is -11.9. The van der Waals surface area contributed by atoms with Gasteiger partial charge in [-0.1, -0.05) is 74.9 Å². The number of nitrogens with zero attached hydrogens (tertiary/aromatic N) is 7. The van der Waals surface area contributed by atoms with E-state index in [1.807, 2.05) is 79.7 Å².